The third-order valence-corrected chi connectivity index (χ3v) is 7.59. The van der Waals surface area contributed by atoms with Crippen LogP contribution in [0, 0.1) is 5.92 Å². The van der Waals surface area contributed by atoms with Crippen LogP contribution >= 0.6 is 0 Å². The summed E-state index contributed by atoms with van der Waals surface area (Å²) in [7, 11) is -2.97. The van der Waals surface area contributed by atoms with Crippen molar-refractivity contribution in [2.24, 2.45) is 5.92 Å². The standard InChI is InChI=1S/C15H16N2O3S/c18-15(10-1-4-14-16-5-6-17(14)9-10)11-7-12-2-3-13(8-11)21(12,19)20/h1,4-6,9,11-13H,2-3,7-8H2. The highest BCUT2D eigenvalue weighted by atomic mass is 32.2. The molecule has 0 aliphatic carbocycles. The van der Waals surface area contributed by atoms with Gasteiger partial charge in [-0.25, -0.2) is 13.4 Å². The van der Waals surface area contributed by atoms with E-state index in [-0.39, 0.29) is 22.2 Å². The highest BCUT2D eigenvalue weighted by Gasteiger charge is 2.48. The number of hydrogen-bond acceptors (Lipinski definition) is 4. The van der Waals surface area contributed by atoms with Gasteiger partial charge in [0.15, 0.2) is 15.6 Å². The summed E-state index contributed by atoms with van der Waals surface area (Å²) in [5.41, 5.74) is 1.45. The molecule has 110 valence electrons. The van der Waals surface area contributed by atoms with E-state index in [4.69, 9.17) is 0 Å². The van der Waals surface area contributed by atoms with Crippen LogP contribution in [0.15, 0.2) is 30.7 Å². The number of rotatable bonds is 2. The summed E-state index contributed by atoms with van der Waals surface area (Å²) in [5.74, 6) is -0.0932. The third kappa shape index (κ3) is 1.92. The van der Waals surface area contributed by atoms with Crippen LogP contribution in [0.5, 0.6) is 0 Å². The number of carbonyl (C=O) groups is 1. The van der Waals surface area contributed by atoms with Crippen LogP contribution in [0.3, 0.4) is 0 Å². The first-order valence-corrected chi connectivity index (χ1v) is 8.86. The normalized spacial score (nSPS) is 30.6. The summed E-state index contributed by atoms with van der Waals surface area (Å²) < 4.78 is 26.0. The quantitative estimate of drug-likeness (QED) is 0.794. The molecular formula is C15H16N2O3S. The molecule has 0 radical (unpaired) electrons. The van der Waals surface area contributed by atoms with Crippen molar-refractivity contribution in [1.82, 2.24) is 9.38 Å². The van der Waals surface area contributed by atoms with Gasteiger partial charge in [-0.15, -0.1) is 0 Å². The predicted molar refractivity (Wildman–Crippen MR) is 78.0 cm³/mol. The minimum Gasteiger partial charge on any atom is -0.306 e. The van der Waals surface area contributed by atoms with E-state index in [1.54, 1.807) is 24.7 Å². The molecule has 0 N–H and O–H groups in total. The summed E-state index contributed by atoms with van der Waals surface area (Å²) in [5, 5.41) is -0.607. The Bertz CT molecular complexity index is 804. The van der Waals surface area contributed by atoms with Crippen molar-refractivity contribution in [2.45, 2.75) is 36.2 Å². The Labute approximate surface area is 122 Å². The molecule has 0 spiro atoms. The number of fused-ring (bicyclic) bond motifs is 3. The van der Waals surface area contributed by atoms with Crippen molar-refractivity contribution in [3.05, 3.63) is 36.3 Å². The molecule has 21 heavy (non-hydrogen) atoms. The number of carbonyl (C=O) groups excluding carboxylic acids is 1. The minimum atomic E-state index is -2.97. The summed E-state index contributed by atoms with van der Waals surface area (Å²) in [6, 6.07) is 3.61. The van der Waals surface area contributed by atoms with Crippen molar-refractivity contribution in [3.63, 3.8) is 0 Å². The Kier molecular flexibility index (Phi) is 2.73. The molecule has 4 heterocycles. The molecule has 2 bridgehead atoms. The average molecular weight is 304 g/mol. The molecule has 2 aliphatic heterocycles. The number of aromatic nitrogens is 2. The number of Topliss-reactive ketones (excluding diaryl/α,β-unsaturated/α-hetero) is 1. The summed E-state index contributed by atoms with van der Waals surface area (Å²) in [6.45, 7) is 0. The minimum absolute atomic E-state index is 0.0670. The van der Waals surface area contributed by atoms with E-state index in [1.807, 2.05) is 10.5 Å². The molecule has 4 rings (SSSR count). The van der Waals surface area contributed by atoms with Gasteiger partial charge >= 0.3 is 0 Å². The lowest BCUT2D eigenvalue weighted by atomic mass is 9.91. The Morgan fingerprint density at radius 3 is 2.62 bits per heavy atom. The van der Waals surface area contributed by atoms with Gasteiger partial charge in [0.2, 0.25) is 0 Å². The lowest BCUT2D eigenvalue weighted by Crippen LogP contribution is -2.36. The monoisotopic (exact) mass is 304 g/mol. The van der Waals surface area contributed by atoms with Crippen LogP contribution in [-0.4, -0.2) is 34.1 Å². The summed E-state index contributed by atoms with van der Waals surface area (Å²) in [6.07, 6.45) is 7.70. The molecule has 2 saturated heterocycles. The van der Waals surface area contributed by atoms with Gasteiger partial charge in [0.25, 0.3) is 0 Å². The molecule has 0 saturated carbocycles. The first kappa shape index (κ1) is 13.0. The zero-order valence-electron chi connectivity index (χ0n) is 11.5. The maximum absolute atomic E-state index is 12.7. The number of ketones is 1. The van der Waals surface area contributed by atoms with Gasteiger partial charge in [0.05, 0.1) is 10.5 Å². The predicted octanol–water partition coefficient (Wildman–Crippen LogP) is 1.87. The number of sulfone groups is 1. The first-order valence-electron chi connectivity index (χ1n) is 7.25. The van der Waals surface area contributed by atoms with Gasteiger partial charge < -0.3 is 4.40 Å². The number of imidazole rings is 1. The largest absolute Gasteiger partial charge is 0.306 e. The van der Waals surface area contributed by atoms with Crippen LogP contribution in [0.4, 0.5) is 0 Å². The second kappa shape index (κ2) is 4.40. The van der Waals surface area contributed by atoms with Gasteiger partial charge in [-0.2, -0.15) is 0 Å². The molecule has 2 aromatic rings. The maximum Gasteiger partial charge on any atom is 0.167 e. The van der Waals surface area contributed by atoms with Gasteiger partial charge in [-0.05, 0) is 37.8 Å². The Morgan fingerprint density at radius 1 is 1.19 bits per heavy atom. The van der Waals surface area contributed by atoms with Crippen LogP contribution in [0.25, 0.3) is 5.65 Å². The van der Waals surface area contributed by atoms with Gasteiger partial charge in [-0.1, -0.05) is 0 Å². The molecular weight excluding hydrogens is 288 g/mol. The fourth-order valence-electron chi connectivity index (χ4n) is 3.72. The molecule has 2 aromatic heterocycles. The molecule has 0 amide bonds. The van der Waals surface area contributed by atoms with Crippen LogP contribution in [0.1, 0.15) is 36.0 Å². The van der Waals surface area contributed by atoms with Crippen LogP contribution in [0.2, 0.25) is 0 Å². The van der Waals surface area contributed by atoms with Gasteiger partial charge in [0, 0.05) is 30.1 Å². The highest BCUT2D eigenvalue weighted by Crippen LogP contribution is 2.42. The molecule has 2 atom stereocenters. The second-order valence-corrected chi connectivity index (χ2v) is 8.56. The van der Waals surface area contributed by atoms with Crippen LogP contribution in [-0.2, 0) is 9.84 Å². The van der Waals surface area contributed by atoms with Gasteiger partial charge in [0.1, 0.15) is 5.65 Å². The Balaban J connectivity index is 1.63. The van der Waals surface area contributed by atoms with E-state index >= 15 is 0 Å². The molecule has 2 aliphatic rings. The topological polar surface area (TPSA) is 68.5 Å². The van der Waals surface area contributed by atoms with Crippen molar-refractivity contribution < 1.29 is 13.2 Å². The summed E-state index contributed by atoms with van der Waals surface area (Å²) in [4.78, 5) is 16.8. The second-order valence-electron chi connectivity index (χ2n) is 6.05. The molecule has 2 unspecified atom stereocenters. The van der Waals surface area contributed by atoms with E-state index in [9.17, 15) is 13.2 Å². The fraction of sp³-hybridized carbons (Fsp3) is 0.467. The zero-order valence-corrected chi connectivity index (χ0v) is 12.3. The SMILES string of the molecule is O=C(c1ccc2nccn2c1)C1CC2CCC(C1)S2(=O)=O. The zero-order chi connectivity index (χ0) is 14.6. The van der Waals surface area contributed by atoms with E-state index in [1.165, 1.54) is 0 Å². The highest BCUT2D eigenvalue weighted by molar-refractivity contribution is 7.93. The Hall–Kier alpha value is -1.69. The first-order chi connectivity index (χ1) is 10.1. The average Bonchev–Trinajstić information content (AvgIpc) is 2.94. The maximum atomic E-state index is 12.7. The van der Waals surface area contributed by atoms with E-state index in [2.05, 4.69) is 4.98 Å². The number of hydrogen-bond donors (Lipinski definition) is 0. The van der Waals surface area contributed by atoms with Crippen molar-refractivity contribution >= 4 is 21.3 Å². The molecule has 6 heteroatoms. The van der Waals surface area contributed by atoms with Crippen molar-refractivity contribution in [3.8, 4) is 0 Å². The molecule has 5 nitrogen and oxygen atoms in total. The van der Waals surface area contributed by atoms with E-state index in [0.717, 1.165) is 18.5 Å². The molecule has 0 aromatic carbocycles. The van der Waals surface area contributed by atoms with E-state index in [0.29, 0.717) is 18.4 Å². The smallest absolute Gasteiger partial charge is 0.167 e. The van der Waals surface area contributed by atoms with Crippen molar-refractivity contribution in [1.29, 1.82) is 0 Å². The lowest BCUT2D eigenvalue weighted by molar-refractivity contribution is 0.0905. The molecule has 2 fully saturated rings. The van der Waals surface area contributed by atoms with Crippen molar-refractivity contribution in [2.75, 3.05) is 0 Å². The summed E-state index contributed by atoms with van der Waals surface area (Å²) >= 11 is 0. The van der Waals surface area contributed by atoms with Gasteiger partial charge in [-0.3, -0.25) is 4.79 Å². The number of pyridine rings is 1. The Morgan fingerprint density at radius 2 is 1.90 bits per heavy atom. The van der Waals surface area contributed by atoms with Crippen LogP contribution < -0.4 is 0 Å². The third-order valence-electron chi connectivity index (χ3n) is 4.88. The number of nitrogens with zero attached hydrogens (tertiary/aromatic N) is 2. The lowest BCUT2D eigenvalue weighted by Gasteiger charge is -2.26. The fourth-order valence-corrected chi connectivity index (χ4v) is 6.20. The van der Waals surface area contributed by atoms with E-state index < -0.39 is 9.84 Å².